The Hall–Kier alpha value is -4.75. The summed E-state index contributed by atoms with van der Waals surface area (Å²) in [6.45, 7) is 0. The van der Waals surface area contributed by atoms with Gasteiger partial charge in [0.15, 0.2) is 0 Å². The Bertz CT molecular complexity index is 1630. The standard InChI is InChI=1S/C25H19N9O2S2/c35-22-18(12-5-1-3-7-16(12)37)29-24(33-22)31-20-14-9-26-10-15(14)21(28-11-27-20)32-25-30-19(23(36)34-25)13-6-2-4-8-17(13)38/h1-11,35-38H,(H4,27,28,29,30,31,32,33,34). The number of thiol groups is 2. The molecule has 2 aliphatic heterocycles. The first-order valence-electron chi connectivity index (χ1n) is 11.3. The first-order valence-corrected chi connectivity index (χ1v) is 12.1. The summed E-state index contributed by atoms with van der Waals surface area (Å²) in [5.41, 5.74) is 3.52. The van der Waals surface area contributed by atoms with Crippen LogP contribution in [0.3, 0.4) is 0 Å². The lowest BCUT2D eigenvalue weighted by Gasteiger charge is -2.06. The molecule has 4 heterocycles. The molecule has 2 aromatic heterocycles. The van der Waals surface area contributed by atoms with Gasteiger partial charge in [0.05, 0.1) is 0 Å². The van der Waals surface area contributed by atoms with Crippen LogP contribution in [0.15, 0.2) is 77.0 Å². The van der Waals surface area contributed by atoms with Crippen LogP contribution < -0.4 is 10.6 Å². The van der Waals surface area contributed by atoms with Gasteiger partial charge in [0.2, 0.25) is 23.7 Å². The Kier molecular flexibility index (Phi) is 5.98. The molecule has 0 atom stereocenters. The Morgan fingerprint density at radius 3 is 1.53 bits per heavy atom. The molecule has 0 unspecified atom stereocenters. The van der Waals surface area contributed by atoms with E-state index in [9.17, 15) is 10.2 Å². The number of fused-ring (bicyclic) bond motifs is 1. The third-order valence-electron chi connectivity index (χ3n) is 5.77. The predicted molar refractivity (Wildman–Crippen MR) is 149 cm³/mol. The monoisotopic (exact) mass is 541 g/mol. The van der Waals surface area contributed by atoms with E-state index in [1.165, 1.54) is 6.33 Å². The molecule has 0 fully saturated rings. The zero-order valence-electron chi connectivity index (χ0n) is 19.4. The number of aromatic nitrogens is 7. The highest BCUT2D eigenvalue weighted by molar-refractivity contribution is 7.80. The lowest BCUT2D eigenvalue weighted by atomic mass is 10.1. The average molecular weight is 542 g/mol. The van der Waals surface area contributed by atoms with Crippen LogP contribution in [0.2, 0.25) is 0 Å². The van der Waals surface area contributed by atoms with Crippen molar-refractivity contribution < 1.29 is 10.2 Å². The van der Waals surface area contributed by atoms with E-state index >= 15 is 0 Å². The van der Waals surface area contributed by atoms with Gasteiger partial charge < -0.3 is 30.8 Å². The topological polar surface area (TPSA) is 161 Å². The molecule has 13 heteroatoms. The highest BCUT2D eigenvalue weighted by Gasteiger charge is 2.20. The third kappa shape index (κ3) is 4.33. The second-order valence-electron chi connectivity index (χ2n) is 8.16. The molecule has 188 valence electrons. The molecule has 0 aliphatic carbocycles. The summed E-state index contributed by atoms with van der Waals surface area (Å²) in [4.78, 5) is 28.9. The van der Waals surface area contributed by atoms with E-state index in [-0.39, 0.29) is 23.7 Å². The van der Waals surface area contributed by atoms with Gasteiger partial charge in [0, 0.05) is 44.4 Å². The first-order chi connectivity index (χ1) is 18.5. The second-order valence-corrected chi connectivity index (χ2v) is 9.12. The van der Waals surface area contributed by atoms with Crippen molar-refractivity contribution in [3.05, 3.63) is 67.3 Å². The maximum absolute atomic E-state index is 10.4. The Morgan fingerprint density at radius 1 is 0.632 bits per heavy atom. The molecule has 6 N–H and O–H groups in total. The van der Waals surface area contributed by atoms with Crippen molar-refractivity contribution in [1.82, 2.24) is 34.9 Å². The molecule has 0 spiro atoms. The number of aromatic amines is 2. The van der Waals surface area contributed by atoms with Crippen LogP contribution in [0.25, 0.3) is 33.6 Å². The van der Waals surface area contributed by atoms with Crippen LogP contribution in [-0.4, -0.2) is 45.1 Å². The van der Waals surface area contributed by atoms with E-state index in [1.807, 2.05) is 48.5 Å². The van der Waals surface area contributed by atoms with Gasteiger partial charge in [-0.3, -0.25) is 4.98 Å². The largest absolute Gasteiger partial charge is 0.492 e. The minimum Gasteiger partial charge on any atom is -0.492 e. The number of H-pyrrole nitrogens is 2. The van der Waals surface area contributed by atoms with E-state index in [1.54, 1.807) is 12.4 Å². The zero-order chi connectivity index (χ0) is 26.2. The van der Waals surface area contributed by atoms with E-state index in [0.29, 0.717) is 55.1 Å². The normalized spacial score (nSPS) is 11.1. The number of hydrogen-bond donors (Lipinski definition) is 8. The number of aromatic hydroxyl groups is 2. The minimum absolute atomic E-state index is 0.178. The highest BCUT2D eigenvalue weighted by Crippen LogP contribution is 2.38. The quantitative estimate of drug-likeness (QED) is 0.132. The van der Waals surface area contributed by atoms with Gasteiger partial charge in [-0.25, -0.2) is 9.97 Å². The molecule has 6 rings (SSSR count). The lowest BCUT2D eigenvalue weighted by molar-refractivity contribution is 0.458. The molecule has 0 radical (unpaired) electrons. The van der Waals surface area contributed by atoms with Gasteiger partial charge >= 0.3 is 0 Å². The Morgan fingerprint density at radius 2 is 1.08 bits per heavy atom. The SMILES string of the molecule is Oc1nc(Nc2ncnc(Nc3nc(O)c(-c4ccccc4S)[nH]3)c3cncc2-3)[nH]c1-c1ccccc1S. The van der Waals surface area contributed by atoms with E-state index < -0.39 is 0 Å². The van der Waals surface area contributed by atoms with Gasteiger partial charge in [-0.15, -0.1) is 25.3 Å². The molecular formula is C25H19N9O2S2. The molecule has 4 aromatic rings. The van der Waals surface area contributed by atoms with Gasteiger partial charge in [-0.2, -0.15) is 9.97 Å². The van der Waals surface area contributed by atoms with Crippen molar-refractivity contribution in [2.24, 2.45) is 0 Å². The van der Waals surface area contributed by atoms with Crippen molar-refractivity contribution >= 4 is 48.8 Å². The van der Waals surface area contributed by atoms with Crippen molar-refractivity contribution in [2.45, 2.75) is 9.79 Å². The molecule has 0 bridgehead atoms. The number of benzene rings is 2. The van der Waals surface area contributed by atoms with E-state index in [0.717, 1.165) is 0 Å². The van der Waals surface area contributed by atoms with Gasteiger partial charge in [0.25, 0.3) is 0 Å². The molecule has 2 aliphatic rings. The summed E-state index contributed by atoms with van der Waals surface area (Å²) in [5, 5.41) is 27.1. The van der Waals surface area contributed by atoms with Gasteiger partial charge in [0.1, 0.15) is 29.4 Å². The molecule has 0 saturated heterocycles. The van der Waals surface area contributed by atoms with E-state index in [4.69, 9.17) is 0 Å². The van der Waals surface area contributed by atoms with Crippen LogP contribution in [0.5, 0.6) is 11.8 Å². The molecule has 11 nitrogen and oxygen atoms in total. The third-order valence-corrected chi connectivity index (χ3v) is 6.55. The molecule has 38 heavy (non-hydrogen) atoms. The summed E-state index contributed by atoms with van der Waals surface area (Å²) in [5.74, 6) is 1.01. The fourth-order valence-corrected chi connectivity index (χ4v) is 4.55. The lowest BCUT2D eigenvalue weighted by Crippen LogP contribution is -1.97. The average Bonchev–Trinajstić information content (AvgIpc) is 3.59. The summed E-state index contributed by atoms with van der Waals surface area (Å²) in [6, 6.07) is 14.7. The Balaban J connectivity index is 1.29. The first kappa shape index (κ1) is 23.6. The van der Waals surface area contributed by atoms with Crippen LogP contribution in [0.1, 0.15) is 0 Å². The summed E-state index contributed by atoms with van der Waals surface area (Å²) in [7, 11) is 0. The van der Waals surface area contributed by atoms with Gasteiger partial charge in [-0.1, -0.05) is 36.4 Å². The fraction of sp³-hybridized carbons (Fsp3) is 0. The maximum Gasteiger partial charge on any atom is 0.239 e. The fourth-order valence-electron chi connectivity index (χ4n) is 4.00. The zero-order valence-corrected chi connectivity index (χ0v) is 21.2. The number of imidazole rings is 2. The number of anilines is 4. The summed E-state index contributed by atoms with van der Waals surface area (Å²) >= 11 is 8.92. The summed E-state index contributed by atoms with van der Waals surface area (Å²) in [6.07, 6.45) is 4.63. The molecule has 2 aromatic carbocycles. The van der Waals surface area contributed by atoms with Crippen LogP contribution in [-0.2, 0) is 0 Å². The van der Waals surface area contributed by atoms with Crippen molar-refractivity contribution in [3.8, 4) is 45.4 Å². The summed E-state index contributed by atoms with van der Waals surface area (Å²) < 4.78 is 0. The highest BCUT2D eigenvalue weighted by atomic mass is 32.1. The number of nitrogens with zero attached hydrogens (tertiary/aromatic N) is 5. The van der Waals surface area contributed by atoms with Crippen molar-refractivity contribution in [3.63, 3.8) is 0 Å². The predicted octanol–water partition coefficient (Wildman–Crippen LogP) is 5.23. The Labute approximate surface area is 226 Å². The van der Waals surface area contributed by atoms with Gasteiger partial charge in [-0.05, 0) is 12.1 Å². The molecule has 0 amide bonds. The van der Waals surface area contributed by atoms with Crippen LogP contribution >= 0.6 is 25.3 Å². The van der Waals surface area contributed by atoms with Crippen molar-refractivity contribution in [2.75, 3.05) is 10.6 Å². The maximum atomic E-state index is 10.4. The molecule has 0 saturated carbocycles. The second kappa shape index (κ2) is 9.61. The van der Waals surface area contributed by atoms with Crippen LogP contribution in [0.4, 0.5) is 23.5 Å². The number of rotatable bonds is 6. The number of hydrogen-bond acceptors (Lipinski definition) is 11. The van der Waals surface area contributed by atoms with E-state index in [2.05, 4.69) is 70.8 Å². The smallest absolute Gasteiger partial charge is 0.239 e. The molecular weight excluding hydrogens is 522 g/mol. The van der Waals surface area contributed by atoms with Crippen LogP contribution in [0, 0.1) is 0 Å². The van der Waals surface area contributed by atoms with Crippen molar-refractivity contribution in [1.29, 1.82) is 0 Å². The minimum atomic E-state index is -0.178. The number of nitrogens with one attached hydrogen (secondary N) is 4.